The summed E-state index contributed by atoms with van der Waals surface area (Å²) in [6.07, 6.45) is 3.32. The summed E-state index contributed by atoms with van der Waals surface area (Å²) in [5, 5.41) is 14.1. The maximum absolute atomic E-state index is 13.9. The van der Waals surface area contributed by atoms with Crippen molar-refractivity contribution in [3.05, 3.63) is 46.6 Å². The number of hydrogen-bond acceptors (Lipinski definition) is 6. The highest BCUT2D eigenvalue weighted by Crippen LogP contribution is 2.44. The summed E-state index contributed by atoms with van der Waals surface area (Å²) < 4.78 is 22.3. The van der Waals surface area contributed by atoms with E-state index in [1.165, 1.54) is 18.5 Å². The van der Waals surface area contributed by atoms with Crippen LogP contribution in [-0.4, -0.2) is 29.2 Å². The molecule has 0 aliphatic heterocycles. The molecule has 0 amide bonds. The van der Waals surface area contributed by atoms with Crippen molar-refractivity contribution in [3.8, 4) is 11.5 Å². The minimum Gasteiger partial charge on any atom is -0.380 e. The first-order valence-corrected chi connectivity index (χ1v) is 9.20. The lowest BCUT2D eigenvalue weighted by Crippen LogP contribution is -2.25. The zero-order valence-corrected chi connectivity index (χ0v) is 15.4. The lowest BCUT2D eigenvalue weighted by molar-refractivity contribution is 0.108. The van der Waals surface area contributed by atoms with Crippen LogP contribution in [0, 0.1) is 5.82 Å². The summed E-state index contributed by atoms with van der Waals surface area (Å²) >= 11 is 0. The molecule has 1 unspecified atom stereocenters. The average Bonchev–Trinajstić information content (AvgIpc) is 3.11. The Kier molecular flexibility index (Phi) is 3.48. The smallest absolute Gasteiger partial charge is 0.278 e. The molecule has 3 aromatic heterocycles. The molecule has 4 aromatic rings. The van der Waals surface area contributed by atoms with E-state index in [1.807, 2.05) is 13.8 Å². The van der Waals surface area contributed by atoms with E-state index in [0.29, 0.717) is 30.3 Å². The average molecular weight is 383 g/mol. The zero-order chi connectivity index (χ0) is 19.6. The van der Waals surface area contributed by atoms with Gasteiger partial charge in [0, 0.05) is 6.04 Å². The molecule has 1 fully saturated rings. The predicted molar refractivity (Wildman–Crippen MR) is 98.3 cm³/mol. The first kappa shape index (κ1) is 17.1. The van der Waals surface area contributed by atoms with Gasteiger partial charge >= 0.3 is 0 Å². The highest BCUT2D eigenvalue weighted by molar-refractivity contribution is 5.83. The fraction of sp³-hybridized carbons (Fsp3) is 0.368. The number of aromatic nitrogens is 5. The van der Waals surface area contributed by atoms with Crippen molar-refractivity contribution >= 4 is 16.6 Å². The molecule has 1 aliphatic carbocycles. The fourth-order valence-corrected chi connectivity index (χ4v) is 3.48. The molecule has 0 spiro atoms. The number of benzene rings is 1. The molecule has 28 heavy (non-hydrogen) atoms. The van der Waals surface area contributed by atoms with Gasteiger partial charge in [-0.2, -0.15) is 4.98 Å². The van der Waals surface area contributed by atoms with Gasteiger partial charge in [0.05, 0.1) is 11.0 Å². The number of imidazole rings is 1. The van der Waals surface area contributed by atoms with Crippen LogP contribution in [-0.2, 0) is 5.60 Å². The second kappa shape index (κ2) is 5.71. The Labute approximate surface area is 158 Å². The van der Waals surface area contributed by atoms with Crippen LogP contribution in [0.25, 0.3) is 28.1 Å². The van der Waals surface area contributed by atoms with Gasteiger partial charge in [0.25, 0.3) is 11.4 Å². The largest absolute Gasteiger partial charge is 0.380 e. The molecule has 3 heterocycles. The van der Waals surface area contributed by atoms with Crippen molar-refractivity contribution in [3.63, 3.8) is 0 Å². The van der Waals surface area contributed by atoms with Gasteiger partial charge in [0.15, 0.2) is 0 Å². The van der Waals surface area contributed by atoms with Gasteiger partial charge in [-0.15, -0.1) is 0 Å². The number of rotatable bonds is 4. The van der Waals surface area contributed by atoms with Crippen LogP contribution in [0.15, 0.2) is 33.8 Å². The third-order valence-corrected chi connectivity index (χ3v) is 5.44. The van der Waals surface area contributed by atoms with E-state index >= 15 is 0 Å². The van der Waals surface area contributed by atoms with Crippen LogP contribution >= 0.6 is 0 Å². The van der Waals surface area contributed by atoms with E-state index < -0.39 is 11.4 Å². The van der Waals surface area contributed by atoms with Crippen LogP contribution in [0.5, 0.6) is 0 Å². The molecule has 0 radical (unpaired) electrons. The second-order valence-corrected chi connectivity index (χ2v) is 7.33. The summed E-state index contributed by atoms with van der Waals surface area (Å²) in [6, 6.07) is 4.19. The predicted octanol–water partition coefficient (Wildman–Crippen LogP) is 2.79. The molecule has 0 bridgehead atoms. The zero-order valence-electron chi connectivity index (χ0n) is 15.4. The van der Waals surface area contributed by atoms with Crippen molar-refractivity contribution in [1.29, 1.82) is 0 Å². The Morgan fingerprint density at radius 2 is 2.14 bits per heavy atom. The van der Waals surface area contributed by atoms with Crippen molar-refractivity contribution in [2.75, 3.05) is 0 Å². The summed E-state index contributed by atoms with van der Waals surface area (Å²) in [5.74, 6) is -0.134. The Morgan fingerprint density at radius 3 is 2.86 bits per heavy atom. The van der Waals surface area contributed by atoms with Crippen molar-refractivity contribution in [2.24, 2.45) is 0 Å². The Balaban J connectivity index is 1.83. The van der Waals surface area contributed by atoms with Crippen molar-refractivity contribution in [1.82, 2.24) is 24.1 Å². The molecular formula is C19H18FN5O3. The number of hydrogen-bond donors (Lipinski definition) is 1. The molecule has 1 N–H and O–H groups in total. The van der Waals surface area contributed by atoms with Crippen LogP contribution in [0.1, 0.15) is 45.0 Å². The van der Waals surface area contributed by atoms with Crippen molar-refractivity contribution in [2.45, 2.75) is 44.8 Å². The standard InChI is InChI=1S/C19H18FN5O3/c1-3-10(2)25-13-8-11(20)4-5-12(13)24-9-21-14(15(24)17(25)26)16-22-18(28-23-16)19(27)6-7-19/h4-5,8-10,27H,3,6-7H2,1-2H3. The van der Waals surface area contributed by atoms with E-state index in [9.17, 15) is 14.3 Å². The normalized spacial score (nSPS) is 16.7. The van der Waals surface area contributed by atoms with Crippen LogP contribution in [0.3, 0.4) is 0 Å². The molecule has 1 aliphatic rings. The minimum absolute atomic E-state index is 0.133. The Morgan fingerprint density at radius 1 is 1.36 bits per heavy atom. The maximum Gasteiger partial charge on any atom is 0.278 e. The topological polar surface area (TPSA) is 98.5 Å². The fourth-order valence-electron chi connectivity index (χ4n) is 3.48. The molecule has 9 heteroatoms. The van der Waals surface area contributed by atoms with Gasteiger partial charge < -0.3 is 14.2 Å². The van der Waals surface area contributed by atoms with Crippen LogP contribution < -0.4 is 5.56 Å². The summed E-state index contributed by atoms with van der Waals surface area (Å²) in [5.41, 5.74) is 0.331. The highest BCUT2D eigenvalue weighted by atomic mass is 19.1. The van der Waals surface area contributed by atoms with Crippen LogP contribution in [0.2, 0.25) is 0 Å². The maximum atomic E-state index is 13.9. The third kappa shape index (κ3) is 2.32. The SMILES string of the molecule is CCC(C)n1c(=O)c2c(-c3noc(C4(O)CC4)n3)ncn2c2ccc(F)cc21. The van der Waals surface area contributed by atoms with Gasteiger partial charge in [0.2, 0.25) is 5.82 Å². The third-order valence-electron chi connectivity index (χ3n) is 5.44. The first-order chi connectivity index (χ1) is 13.4. The van der Waals surface area contributed by atoms with E-state index in [4.69, 9.17) is 4.52 Å². The van der Waals surface area contributed by atoms with Gasteiger partial charge in [0.1, 0.15) is 29.0 Å². The van der Waals surface area contributed by atoms with E-state index in [-0.39, 0.29) is 34.5 Å². The van der Waals surface area contributed by atoms with E-state index in [2.05, 4.69) is 15.1 Å². The number of halogens is 1. The van der Waals surface area contributed by atoms with Crippen LogP contribution in [0.4, 0.5) is 4.39 Å². The molecule has 1 saturated carbocycles. The van der Waals surface area contributed by atoms with E-state index in [1.54, 1.807) is 15.0 Å². The molecule has 1 atom stereocenters. The number of aliphatic hydroxyl groups is 1. The first-order valence-electron chi connectivity index (χ1n) is 9.20. The second-order valence-electron chi connectivity index (χ2n) is 7.33. The Bertz CT molecular complexity index is 1280. The van der Waals surface area contributed by atoms with Gasteiger partial charge in [-0.05, 0) is 44.4 Å². The van der Waals surface area contributed by atoms with Gasteiger partial charge in [-0.25, -0.2) is 9.37 Å². The quantitative estimate of drug-likeness (QED) is 0.582. The molecule has 144 valence electrons. The summed E-state index contributed by atoms with van der Waals surface area (Å²) in [7, 11) is 0. The van der Waals surface area contributed by atoms with Gasteiger partial charge in [-0.1, -0.05) is 12.1 Å². The molecule has 1 aromatic carbocycles. The molecule has 8 nitrogen and oxygen atoms in total. The Hall–Kier alpha value is -3.07. The molecule has 0 saturated heterocycles. The monoisotopic (exact) mass is 383 g/mol. The number of nitrogens with zero attached hydrogens (tertiary/aromatic N) is 5. The number of fused-ring (bicyclic) bond motifs is 3. The van der Waals surface area contributed by atoms with Crippen molar-refractivity contribution < 1.29 is 14.0 Å². The van der Waals surface area contributed by atoms with Gasteiger partial charge in [-0.3, -0.25) is 9.20 Å². The lowest BCUT2D eigenvalue weighted by Gasteiger charge is -2.17. The minimum atomic E-state index is -1.07. The molecular weight excluding hydrogens is 365 g/mol. The highest BCUT2D eigenvalue weighted by Gasteiger charge is 2.48. The molecule has 5 rings (SSSR count). The van der Waals surface area contributed by atoms with E-state index in [0.717, 1.165) is 0 Å². The lowest BCUT2D eigenvalue weighted by atomic mass is 10.2. The summed E-state index contributed by atoms with van der Waals surface area (Å²) in [6.45, 7) is 3.87. The summed E-state index contributed by atoms with van der Waals surface area (Å²) in [4.78, 5) is 22.0.